The molecule has 3 aromatic rings. The van der Waals surface area contributed by atoms with Crippen LogP contribution in [-0.2, 0) is 0 Å². The van der Waals surface area contributed by atoms with Crippen LogP contribution >= 0.6 is 0 Å². The number of amides is 2. The maximum Gasteiger partial charge on any atom is 0.319 e. The molecule has 0 bridgehead atoms. The maximum atomic E-state index is 14.3. The van der Waals surface area contributed by atoms with Gasteiger partial charge in [0.25, 0.3) is 5.56 Å². The van der Waals surface area contributed by atoms with Gasteiger partial charge in [0, 0.05) is 12.2 Å². The smallest absolute Gasteiger partial charge is 0.319 e. The number of anilines is 1. The molecule has 0 aliphatic rings. The first-order chi connectivity index (χ1) is 12.9. The summed E-state index contributed by atoms with van der Waals surface area (Å²) in [5.41, 5.74) is 6.62. The minimum Gasteiger partial charge on any atom is -0.338 e. The molecule has 8 heteroatoms. The van der Waals surface area contributed by atoms with E-state index in [1.165, 1.54) is 16.7 Å². The van der Waals surface area contributed by atoms with Gasteiger partial charge in [-0.3, -0.25) is 9.36 Å². The zero-order valence-corrected chi connectivity index (χ0v) is 15.0. The third-order valence-electron chi connectivity index (χ3n) is 3.98. The molecule has 1 heterocycles. The molecule has 1 atom stereocenters. The minimum atomic E-state index is -0.647. The van der Waals surface area contributed by atoms with E-state index in [4.69, 9.17) is 5.73 Å². The van der Waals surface area contributed by atoms with Gasteiger partial charge in [-0.15, -0.1) is 0 Å². The van der Waals surface area contributed by atoms with E-state index in [0.717, 1.165) is 0 Å². The van der Waals surface area contributed by atoms with Gasteiger partial charge >= 0.3 is 6.03 Å². The Balaban J connectivity index is 2.20. The molecule has 2 amide bonds. The summed E-state index contributed by atoms with van der Waals surface area (Å²) < 4.78 is 15.5. The number of hydrogen-bond acceptors (Lipinski definition) is 4. The van der Waals surface area contributed by atoms with Crippen molar-refractivity contribution in [2.75, 3.05) is 11.9 Å². The van der Waals surface area contributed by atoms with Crippen molar-refractivity contribution in [3.05, 3.63) is 64.5 Å². The van der Waals surface area contributed by atoms with Crippen LogP contribution in [0.1, 0.15) is 25.7 Å². The number of nitrogens with zero attached hydrogens (tertiary/aromatic N) is 2. The fourth-order valence-electron chi connectivity index (χ4n) is 2.82. The van der Waals surface area contributed by atoms with E-state index >= 15 is 0 Å². The second-order valence-electron chi connectivity index (χ2n) is 6.07. The quantitative estimate of drug-likeness (QED) is 0.658. The third kappa shape index (κ3) is 3.65. The SMILES string of the molecule is CCNC(=O)Nc1cccc(-n2c([C@H](C)N)nc3cccc(F)c3c2=O)c1. The normalized spacial score (nSPS) is 12.0. The Morgan fingerprint density at radius 2 is 2.04 bits per heavy atom. The van der Waals surface area contributed by atoms with E-state index in [-0.39, 0.29) is 16.9 Å². The molecule has 0 unspecified atom stereocenters. The highest BCUT2D eigenvalue weighted by Crippen LogP contribution is 2.20. The lowest BCUT2D eigenvalue weighted by molar-refractivity contribution is 0.252. The first-order valence-corrected chi connectivity index (χ1v) is 8.54. The number of carbonyl (C=O) groups is 1. The van der Waals surface area contributed by atoms with Crippen LogP contribution in [0.2, 0.25) is 0 Å². The molecular formula is C19H20FN5O2. The Hall–Kier alpha value is -3.26. The number of nitrogens with one attached hydrogen (secondary N) is 2. The highest BCUT2D eigenvalue weighted by molar-refractivity contribution is 5.89. The van der Waals surface area contributed by atoms with Crippen LogP contribution in [0.25, 0.3) is 16.6 Å². The standard InChI is InChI=1S/C19H20FN5O2/c1-3-22-19(27)23-12-6-4-7-13(10-12)25-17(11(2)21)24-15-9-5-8-14(20)16(15)18(25)26/h4-11H,3,21H2,1-2H3,(H2,22,23,27)/t11-/m0/s1. The molecule has 2 aromatic carbocycles. The number of benzene rings is 2. The average Bonchev–Trinajstić information content (AvgIpc) is 2.61. The molecule has 4 N–H and O–H groups in total. The summed E-state index contributed by atoms with van der Waals surface area (Å²) in [6.07, 6.45) is 0. The number of halogens is 1. The number of hydrogen-bond donors (Lipinski definition) is 3. The van der Waals surface area contributed by atoms with Gasteiger partial charge < -0.3 is 16.4 Å². The predicted molar refractivity (Wildman–Crippen MR) is 103 cm³/mol. The van der Waals surface area contributed by atoms with Gasteiger partial charge in [-0.2, -0.15) is 0 Å². The molecule has 27 heavy (non-hydrogen) atoms. The highest BCUT2D eigenvalue weighted by Gasteiger charge is 2.18. The van der Waals surface area contributed by atoms with Crippen molar-refractivity contribution >= 4 is 22.6 Å². The molecule has 3 rings (SSSR count). The lowest BCUT2D eigenvalue weighted by Gasteiger charge is -2.17. The van der Waals surface area contributed by atoms with Crippen molar-refractivity contribution < 1.29 is 9.18 Å². The number of nitrogens with two attached hydrogens (primary N) is 1. The van der Waals surface area contributed by atoms with E-state index in [0.29, 0.717) is 23.7 Å². The van der Waals surface area contributed by atoms with E-state index in [9.17, 15) is 14.0 Å². The molecule has 0 spiro atoms. The lowest BCUT2D eigenvalue weighted by atomic mass is 10.2. The Labute approximate surface area is 155 Å². The Morgan fingerprint density at radius 1 is 1.30 bits per heavy atom. The summed E-state index contributed by atoms with van der Waals surface area (Å²) >= 11 is 0. The van der Waals surface area contributed by atoms with Crippen LogP contribution in [0, 0.1) is 5.82 Å². The zero-order chi connectivity index (χ0) is 19.6. The van der Waals surface area contributed by atoms with Gasteiger partial charge in [0.05, 0.1) is 17.2 Å². The number of carbonyl (C=O) groups excluding carboxylic acids is 1. The van der Waals surface area contributed by atoms with Gasteiger partial charge in [-0.25, -0.2) is 14.2 Å². The van der Waals surface area contributed by atoms with Crippen molar-refractivity contribution in [3.63, 3.8) is 0 Å². The van der Waals surface area contributed by atoms with E-state index in [1.807, 2.05) is 0 Å². The molecule has 7 nitrogen and oxygen atoms in total. The summed E-state index contributed by atoms with van der Waals surface area (Å²) in [5, 5.41) is 5.20. The van der Waals surface area contributed by atoms with Crippen molar-refractivity contribution in [1.82, 2.24) is 14.9 Å². The average molecular weight is 369 g/mol. The summed E-state index contributed by atoms with van der Waals surface area (Å²) in [4.78, 5) is 29.2. The Kier molecular flexibility index (Phi) is 5.18. The molecule has 140 valence electrons. The Morgan fingerprint density at radius 3 is 2.74 bits per heavy atom. The van der Waals surface area contributed by atoms with Crippen LogP contribution in [0.4, 0.5) is 14.9 Å². The highest BCUT2D eigenvalue weighted by atomic mass is 19.1. The minimum absolute atomic E-state index is 0.107. The van der Waals surface area contributed by atoms with E-state index in [2.05, 4.69) is 15.6 Å². The van der Waals surface area contributed by atoms with Crippen LogP contribution in [0.3, 0.4) is 0 Å². The molecular weight excluding hydrogens is 349 g/mol. The molecule has 0 fully saturated rings. The van der Waals surface area contributed by atoms with Crippen LogP contribution in [0.5, 0.6) is 0 Å². The monoisotopic (exact) mass is 369 g/mol. The van der Waals surface area contributed by atoms with Crippen molar-refractivity contribution in [2.45, 2.75) is 19.9 Å². The van der Waals surface area contributed by atoms with E-state index < -0.39 is 17.4 Å². The fourth-order valence-corrected chi connectivity index (χ4v) is 2.82. The number of aromatic nitrogens is 2. The molecule has 0 saturated carbocycles. The van der Waals surface area contributed by atoms with Gasteiger partial charge in [-0.1, -0.05) is 12.1 Å². The second-order valence-corrected chi connectivity index (χ2v) is 6.07. The van der Waals surface area contributed by atoms with Crippen LogP contribution < -0.4 is 21.9 Å². The summed E-state index contributed by atoms with van der Waals surface area (Å²) in [7, 11) is 0. The van der Waals surface area contributed by atoms with E-state index in [1.54, 1.807) is 44.2 Å². The summed E-state index contributed by atoms with van der Waals surface area (Å²) in [6.45, 7) is 3.98. The maximum absolute atomic E-state index is 14.3. The van der Waals surface area contributed by atoms with Gasteiger partial charge in [0.1, 0.15) is 17.0 Å². The lowest BCUT2D eigenvalue weighted by Crippen LogP contribution is -2.29. The summed E-state index contributed by atoms with van der Waals surface area (Å²) in [5.74, 6) is -0.347. The Bertz CT molecular complexity index is 1060. The number of rotatable bonds is 4. The molecule has 0 saturated heterocycles. The second kappa shape index (κ2) is 7.55. The van der Waals surface area contributed by atoms with Crippen molar-refractivity contribution in [2.24, 2.45) is 5.73 Å². The molecule has 0 radical (unpaired) electrons. The molecule has 0 aliphatic heterocycles. The predicted octanol–water partition coefficient (Wildman–Crippen LogP) is 2.69. The van der Waals surface area contributed by atoms with Crippen LogP contribution in [-0.4, -0.2) is 22.1 Å². The first-order valence-electron chi connectivity index (χ1n) is 8.54. The first kappa shape index (κ1) is 18.5. The molecule has 1 aromatic heterocycles. The van der Waals surface area contributed by atoms with Gasteiger partial charge in [0.2, 0.25) is 0 Å². The summed E-state index contributed by atoms with van der Waals surface area (Å²) in [6, 6.07) is 10.0. The van der Waals surface area contributed by atoms with Crippen molar-refractivity contribution in [1.29, 1.82) is 0 Å². The molecule has 0 aliphatic carbocycles. The number of urea groups is 1. The third-order valence-corrected chi connectivity index (χ3v) is 3.98. The number of fused-ring (bicyclic) bond motifs is 1. The van der Waals surface area contributed by atoms with Gasteiger partial charge in [0.15, 0.2) is 0 Å². The van der Waals surface area contributed by atoms with Crippen molar-refractivity contribution in [3.8, 4) is 5.69 Å². The van der Waals surface area contributed by atoms with Gasteiger partial charge in [-0.05, 0) is 44.2 Å². The fraction of sp³-hybridized carbons (Fsp3) is 0.211. The topological polar surface area (TPSA) is 102 Å². The largest absolute Gasteiger partial charge is 0.338 e. The zero-order valence-electron chi connectivity index (χ0n) is 15.0. The van der Waals surface area contributed by atoms with Crippen LogP contribution in [0.15, 0.2) is 47.3 Å².